The van der Waals surface area contributed by atoms with Crippen LogP contribution in [-0.4, -0.2) is 19.1 Å². The van der Waals surface area contributed by atoms with Gasteiger partial charge in [0.2, 0.25) is 0 Å². The Labute approximate surface area is 103 Å². The molecule has 0 aliphatic carbocycles. The minimum absolute atomic E-state index is 0.172. The van der Waals surface area contributed by atoms with Gasteiger partial charge in [0.15, 0.2) is 0 Å². The molecule has 94 valence electrons. The Morgan fingerprint density at radius 1 is 1.35 bits per heavy atom. The highest BCUT2D eigenvalue weighted by molar-refractivity contribution is 5.75. The van der Waals surface area contributed by atoms with E-state index in [-0.39, 0.29) is 12.0 Å². The van der Waals surface area contributed by atoms with Gasteiger partial charge in [0, 0.05) is 6.54 Å². The molecule has 0 aliphatic heterocycles. The number of nitrogens with one attached hydrogen (secondary N) is 1. The Hall–Kier alpha value is -1.35. The molecule has 0 saturated carbocycles. The van der Waals surface area contributed by atoms with Crippen molar-refractivity contribution in [1.29, 1.82) is 0 Å². The van der Waals surface area contributed by atoms with Crippen LogP contribution in [0.1, 0.15) is 31.7 Å². The lowest BCUT2D eigenvalue weighted by atomic mass is 10.1. The van der Waals surface area contributed by atoms with Crippen molar-refractivity contribution in [2.45, 2.75) is 38.8 Å². The quantitative estimate of drug-likeness (QED) is 0.738. The fraction of sp³-hybridized carbons (Fsp3) is 0.500. The zero-order chi connectivity index (χ0) is 12.5. The first kappa shape index (κ1) is 13.7. The van der Waals surface area contributed by atoms with Gasteiger partial charge in [-0.05, 0) is 12.0 Å². The average Bonchev–Trinajstić information content (AvgIpc) is 2.39. The van der Waals surface area contributed by atoms with Crippen LogP contribution in [0, 0.1) is 0 Å². The molecule has 1 aromatic carbocycles. The van der Waals surface area contributed by atoms with Crippen LogP contribution in [0.15, 0.2) is 30.3 Å². The Balaban J connectivity index is 2.46. The van der Waals surface area contributed by atoms with Gasteiger partial charge < -0.3 is 10.1 Å². The number of hydrogen-bond donors (Lipinski definition) is 1. The summed E-state index contributed by atoms with van der Waals surface area (Å²) in [6.07, 6.45) is 2.94. The summed E-state index contributed by atoms with van der Waals surface area (Å²) in [5.74, 6) is -0.172. The zero-order valence-corrected chi connectivity index (χ0v) is 10.6. The molecule has 1 aromatic rings. The summed E-state index contributed by atoms with van der Waals surface area (Å²) in [6, 6.07) is 9.87. The van der Waals surface area contributed by atoms with Crippen LogP contribution in [0.2, 0.25) is 0 Å². The molecular formula is C14H21NO2. The number of unbranched alkanes of at least 4 members (excludes halogenated alkanes) is 1. The van der Waals surface area contributed by atoms with Crippen LogP contribution in [0.25, 0.3) is 0 Å². The number of esters is 1. The van der Waals surface area contributed by atoms with E-state index in [1.807, 2.05) is 30.3 Å². The third-order valence-electron chi connectivity index (χ3n) is 2.73. The Morgan fingerprint density at radius 2 is 2.06 bits per heavy atom. The van der Waals surface area contributed by atoms with Crippen molar-refractivity contribution in [3.8, 4) is 0 Å². The van der Waals surface area contributed by atoms with E-state index in [0.29, 0.717) is 6.54 Å². The van der Waals surface area contributed by atoms with Crippen molar-refractivity contribution >= 4 is 5.97 Å². The first-order chi connectivity index (χ1) is 8.27. The molecule has 0 aromatic heterocycles. The zero-order valence-electron chi connectivity index (χ0n) is 10.6. The topological polar surface area (TPSA) is 38.3 Å². The molecule has 1 N–H and O–H groups in total. The van der Waals surface area contributed by atoms with E-state index in [0.717, 1.165) is 19.3 Å². The van der Waals surface area contributed by atoms with Crippen molar-refractivity contribution < 1.29 is 9.53 Å². The van der Waals surface area contributed by atoms with E-state index >= 15 is 0 Å². The van der Waals surface area contributed by atoms with Crippen LogP contribution < -0.4 is 5.32 Å². The van der Waals surface area contributed by atoms with Gasteiger partial charge in [0.25, 0.3) is 0 Å². The number of carbonyl (C=O) groups excluding carboxylic acids is 1. The van der Waals surface area contributed by atoms with Crippen molar-refractivity contribution in [1.82, 2.24) is 5.32 Å². The lowest BCUT2D eigenvalue weighted by Gasteiger charge is -2.16. The maximum Gasteiger partial charge on any atom is 0.322 e. The van der Waals surface area contributed by atoms with Crippen LogP contribution in [0.5, 0.6) is 0 Å². The molecule has 0 bridgehead atoms. The lowest BCUT2D eigenvalue weighted by Crippen LogP contribution is -2.37. The molecule has 3 heteroatoms. The van der Waals surface area contributed by atoms with Crippen LogP contribution in [0.3, 0.4) is 0 Å². The molecule has 0 heterocycles. The van der Waals surface area contributed by atoms with Gasteiger partial charge in [-0.3, -0.25) is 4.79 Å². The predicted octanol–water partition coefficient (Wildman–Crippen LogP) is 2.51. The van der Waals surface area contributed by atoms with Gasteiger partial charge in [-0.25, -0.2) is 0 Å². The maximum absolute atomic E-state index is 11.6. The molecule has 0 saturated heterocycles. The third-order valence-corrected chi connectivity index (χ3v) is 2.73. The number of benzene rings is 1. The summed E-state index contributed by atoms with van der Waals surface area (Å²) in [5, 5.41) is 3.25. The van der Waals surface area contributed by atoms with Gasteiger partial charge >= 0.3 is 5.97 Å². The SMILES string of the molecule is CCCCC(NCc1ccccc1)C(=O)OC. The molecule has 0 aliphatic rings. The van der Waals surface area contributed by atoms with Crippen LogP contribution >= 0.6 is 0 Å². The first-order valence-electron chi connectivity index (χ1n) is 6.13. The first-order valence-corrected chi connectivity index (χ1v) is 6.13. The molecule has 0 radical (unpaired) electrons. The van der Waals surface area contributed by atoms with Crippen molar-refractivity contribution in [2.24, 2.45) is 0 Å². The number of hydrogen-bond acceptors (Lipinski definition) is 3. The maximum atomic E-state index is 11.6. The summed E-state index contributed by atoms with van der Waals surface area (Å²) in [6.45, 7) is 2.82. The molecule has 3 nitrogen and oxygen atoms in total. The summed E-state index contributed by atoms with van der Waals surface area (Å²) >= 11 is 0. The predicted molar refractivity (Wildman–Crippen MR) is 68.6 cm³/mol. The van der Waals surface area contributed by atoms with Gasteiger partial charge in [0.1, 0.15) is 6.04 Å². The lowest BCUT2D eigenvalue weighted by molar-refractivity contribution is -0.143. The highest BCUT2D eigenvalue weighted by atomic mass is 16.5. The van der Waals surface area contributed by atoms with E-state index in [1.54, 1.807) is 0 Å². The molecular weight excluding hydrogens is 214 g/mol. The Morgan fingerprint density at radius 3 is 2.65 bits per heavy atom. The number of ether oxygens (including phenoxy) is 1. The summed E-state index contributed by atoms with van der Waals surface area (Å²) in [7, 11) is 1.44. The van der Waals surface area contributed by atoms with E-state index in [2.05, 4.69) is 12.2 Å². The minimum atomic E-state index is -0.194. The summed E-state index contributed by atoms with van der Waals surface area (Å²) in [5.41, 5.74) is 1.18. The molecule has 1 atom stereocenters. The van der Waals surface area contributed by atoms with Crippen LogP contribution in [0.4, 0.5) is 0 Å². The van der Waals surface area contributed by atoms with Gasteiger partial charge in [-0.2, -0.15) is 0 Å². The van der Waals surface area contributed by atoms with Crippen molar-refractivity contribution in [3.05, 3.63) is 35.9 Å². The molecule has 0 fully saturated rings. The standard InChI is InChI=1S/C14H21NO2/c1-3-4-10-13(14(16)17-2)15-11-12-8-6-5-7-9-12/h5-9,13,15H,3-4,10-11H2,1-2H3. The Kier molecular flexibility index (Phi) is 6.33. The van der Waals surface area contributed by atoms with Gasteiger partial charge in [0.05, 0.1) is 7.11 Å². The van der Waals surface area contributed by atoms with E-state index in [4.69, 9.17) is 4.74 Å². The van der Waals surface area contributed by atoms with Crippen molar-refractivity contribution in [3.63, 3.8) is 0 Å². The third kappa shape index (κ3) is 5.00. The molecule has 0 spiro atoms. The number of carbonyl (C=O) groups is 1. The Bertz CT molecular complexity index is 324. The molecule has 17 heavy (non-hydrogen) atoms. The van der Waals surface area contributed by atoms with E-state index < -0.39 is 0 Å². The number of methoxy groups -OCH3 is 1. The fourth-order valence-corrected chi connectivity index (χ4v) is 1.69. The monoisotopic (exact) mass is 235 g/mol. The summed E-state index contributed by atoms with van der Waals surface area (Å²) < 4.78 is 4.80. The van der Waals surface area contributed by atoms with E-state index in [9.17, 15) is 4.79 Å². The highest BCUT2D eigenvalue weighted by Gasteiger charge is 2.17. The van der Waals surface area contributed by atoms with Gasteiger partial charge in [-0.15, -0.1) is 0 Å². The highest BCUT2D eigenvalue weighted by Crippen LogP contribution is 2.05. The second-order valence-electron chi connectivity index (χ2n) is 4.08. The molecule has 1 unspecified atom stereocenters. The number of rotatable bonds is 7. The van der Waals surface area contributed by atoms with Crippen LogP contribution in [-0.2, 0) is 16.1 Å². The smallest absolute Gasteiger partial charge is 0.322 e. The fourth-order valence-electron chi connectivity index (χ4n) is 1.69. The summed E-state index contributed by atoms with van der Waals surface area (Å²) in [4.78, 5) is 11.6. The van der Waals surface area contributed by atoms with E-state index in [1.165, 1.54) is 12.7 Å². The second kappa shape index (κ2) is 7.85. The minimum Gasteiger partial charge on any atom is -0.468 e. The van der Waals surface area contributed by atoms with Gasteiger partial charge in [-0.1, -0.05) is 50.1 Å². The normalized spacial score (nSPS) is 12.1. The van der Waals surface area contributed by atoms with Crippen molar-refractivity contribution in [2.75, 3.05) is 7.11 Å². The molecule has 1 rings (SSSR count). The second-order valence-corrected chi connectivity index (χ2v) is 4.08. The largest absolute Gasteiger partial charge is 0.468 e. The molecule has 0 amide bonds. The average molecular weight is 235 g/mol.